The molecule has 2 unspecified atom stereocenters. The third-order valence-corrected chi connectivity index (χ3v) is 4.22. The Hall–Kier alpha value is -0.180. The van der Waals surface area contributed by atoms with Crippen LogP contribution in [0.2, 0.25) is 0 Å². The molecule has 2 saturated heterocycles. The first-order valence-electron chi connectivity index (χ1n) is 4.71. The zero-order valence-electron chi connectivity index (χ0n) is 7.55. The Morgan fingerprint density at radius 3 is 2.83 bits per heavy atom. The number of rotatable bonds is 1. The van der Waals surface area contributed by atoms with Gasteiger partial charge in [-0.1, -0.05) is 6.92 Å². The third kappa shape index (κ3) is 1.35. The first-order chi connectivity index (χ1) is 5.79. The molecule has 0 aliphatic carbocycles. The Kier molecular flexibility index (Phi) is 2.31. The molecular weight excluding hydrogens is 168 g/mol. The summed E-state index contributed by atoms with van der Waals surface area (Å²) in [6.07, 6.45) is 2.21. The monoisotopic (exact) mass is 184 g/mol. The van der Waals surface area contributed by atoms with Crippen LogP contribution in [0.15, 0.2) is 0 Å². The van der Waals surface area contributed by atoms with E-state index >= 15 is 0 Å². The number of thioether (sulfide) groups is 1. The Morgan fingerprint density at radius 2 is 2.33 bits per heavy atom. The van der Waals surface area contributed by atoms with Gasteiger partial charge in [-0.25, -0.2) is 0 Å². The largest absolute Gasteiger partial charge is 0.356 e. The number of amidine groups is 1. The van der Waals surface area contributed by atoms with E-state index in [1.807, 2.05) is 11.8 Å². The molecule has 2 nitrogen and oxygen atoms in total. The highest BCUT2D eigenvalue weighted by Crippen LogP contribution is 2.30. The van der Waals surface area contributed by atoms with Gasteiger partial charge in [-0.2, -0.15) is 11.8 Å². The van der Waals surface area contributed by atoms with Crippen molar-refractivity contribution in [3.05, 3.63) is 0 Å². The molecule has 0 amide bonds. The van der Waals surface area contributed by atoms with Gasteiger partial charge in [0.15, 0.2) is 0 Å². The van der Waals surface area contributed by atoms with Crippen molar-refractivity contribution in [1.82, 2.24) is 4.90 Å². The lowest BCUT2D eigenvalue weighted by molar-refractivity contribution is 0.301. The minimum Gasteiger partial charge on any atom is -0.356 e. The minimum absolute atomic E-state index is 0.671. The van der Waals surface area contributed by atoms with Crippen LogP contribution in [0.25, 0.3) is 0 Å². The fraction of sp³-hybridized carbons (Fsp3) is 0.889. The number of hydrogen-bond donors (Lipinski definition) is 1. The summed E-state index contributed by atoms with van der Waals surface area (Å²) in [6, 6.07) is 0.671. The van der Waals surface area contributed by atoms with Gasteiger partial charge >= 0.3 is 0 Å². The molecule has 0 spiro atoms. The maximum absolute atomic E-state index is 7.78. The van der Waals surface area contributed by atoms with Crippen molar-refractivity contribution in [2.24, 2.45) is 5.92 Å². The van der Waals surface area contributed by atoms with Gasteiger partial charge in [0.2, 0.25) is 0 Å². The average Bonchev–Trinajstić information content (AvgIpc) is 2.59. The molecule has 0 radical (unpaired) electrons. The lowest BCUT2D eigenvalue weighted by Gasteiger charge is -2.28. The molecule has 2 rings (SSSR count). The summed E-state index contributed by atoms with van der Waals surface area (Å²) in [7, 11) is 0. The molecule has 2 aliphatic rings. The highest BCUT2D eigenvalue weighted by Gasteiger charge is 2.32. The van der Waals surface area contributed by atoms with E-state index in [0.29, 0.717) is 6.04 Å². The van der Waals surface area contributed by atoms with Gasteiger partial charge in [-0.05, 0) is 18.1 Å². The van der Waals surface area contributed by atoms with Gasteiger partial charge in [-0.15, -0.1) is 0 Å². The van der Waals surface area contributed by atoms with Crippen LogP contribution in [0.4, 0.5) is 0 Å². The molecule has 12 heavy (non-hydrogen) atoms. The van der Waals surface area contributed by atoms with Crippen LogP contribution in [0.1, 0.15) is 19.8 Å². The number of nitrogens with zero attached hydrogens (tertiary/aromatic N) is 1. The predicted octanol–water partition coefficient (Wildman–Crippen LogP) is 1.81. The minimum atomic E-state index is 0.671. The summed E-state index contributed by atoms with van der Waals surface area (Å²) >= 11 is 2.04. The summed E-state index contributed by atoms with van der Waals surface area (Å²) in [4.78, 5) is 2.32. The first-order valence-corrected chi connectivity index (χ1v) is 5.86. The fourth-order valence-corrected chi connectivity index (χ4v) is 3.59. The quantitative estimate of drug-likeness (QED) is 0.673. The van der Waals surface area contributed by atoms with E-state index in [-0.39, 0.29) is 0 Å². The summed E-state index contributed by atoms with van der Waals surface area (Å²) in [5.74, 6) is 4.20. The SMILES string of the molecule is CC1CSCC1N1CCCC1=N. The average molecular weight is 184 g/mol. The number of hydrogen-bond acceptors (Lipinski definition) is 2. The van der Waals surface area contributed by atoms with E-state index in [1.165, 1.54) is 17.9 Å². The predicted molar refractivity (Wildman–Crippen MR) is 53.9 cm³/mol. The van der Waals surface area contributed by atoms with E-state index in [2.05, 4.69) is 11.8 Å². The third-order valence-electron chi connectivity index (χ3n) is 2.89. The van der Waals surface area contributed by atoms with Gasteiger partial charge < -0.3 is 4.90 Å². The lowest BCUT2D eigenvalue weighted by atomic mass is 10.1. The fourth-order valence-electron chi connectivity index (χ4n) is 2.11. The highest BCUT2D eigenvalue weighted by molar-refractivity contribution is 7.99. The molecule has 0 aromatic carbocycles. The molecule has 0 saturated carbocycles. The van der Waals surface area contributed by atoms with E-state index in [0.717, 1.165) is 24.7 Å². The Labute approximate surface area is 78.2 Å². The number of likely N-dealkylation sites (tertiary alicyclic amines) is 1. The molecule has 2 aliphatic heterocycles. The van der Waals surface area contributed by atoms with Crippen LogP contribution < -0.4 is 0 Å². The van der Waals surface area contributed by atoms with Gasteiger partial charge in [-0.3, -0.25) is 5.41 Å². The molecule has 1 N–H and O–H groups in total. The second-order valence-electron chi connectivity index (χ2n) is 3.83. The van der Waals surface area contributed by atoms with E-state index in [1.54, 1.807) is 0 Å². The molecular formula is C9H16N2S. The van der Waals surface area contributed by atoms with Crippen LogP contribution in [0.3, 0.4) is 0 Å². The highest BCUT2D eigenvalue weighted by atomic mass is 32.2. The summed E-state index contributed by atoms with van der Waals surface area (Å²) < 4.78 is 0. The van der Waals surface area contributed by atoms with Crippen molar-refractivity contribution < 1.29 is 0 Å². The van der Waals surface area contributed by atoms with E-state index in [4.69, 9.17) is 5.41 Å². The van der Waals surface area contributed by atoms with Crippen LogP contribution >= 0.6 is 11.8 Å². The molecule has 2 atom stereocenters. The maximum atomic E-state index is 7.78. The normalized spacial score (nSPS) is 36.4. The second kappa shape index (κ2) is 3.29. The summed E-state index contributed by atoms with van der Waals surface area (Å²) in [5.41, 5.74) is 0. The standard InChI is InChI=1S/C9H16N2S/c1-7-5-12-6-8(7)11-4-2-3-9(11)10/h7-8,10H,2-6H2,1H3. The van der Waals surface area contributed by atoms with Crippen molar-refractivity contribution in [3.8, 4) is 0 Å². The molecule has 0 aromatic heterocycles. The van der Waals surface area contributed by atoms with Gasteiger partial charge in [0, 0.05) is 24.8 Å². The smallest absolute Gasteiger partial charge is 0.0961 e. The first kappa shape index (κ1) is 8.42. The zero-order chi connectivity index (χ0) is 8.55. The maximum Gasteiger partial charge on any atom is 0.0961 e. The van der Waals surface area contributed by atoms with Gasteiger partial charge in [0.05, 0.1) is 5.84 Å². The van der Waals surface area contributed by atoms with Gasteiger partial charge in [0.25, 0.3) is 0 Å². The topological polar surface area (TPSA) is 27.1 Å². The van der Waals surface area contributed by atoms with Crippen LogP contribution in [-0.2, 0) is 0 Å². The van der Waals surface area contributed by atoms with E-state index in [9.17, 15) is 0 Å². The van der Waals surface area contributed by atoms with Gasteiger partial charge in [0.1, 0.15) is 0 Å². The molecule has 2 heterocycles. The molecule has 0 bridgehead atoms. The summed E-state index contributed by atoms with van der Waals surface area (Å²) in [5, 5.41) is 7.78. The molecule has 3 heteroatoms. The molecule has 68 valence electrons. The Balaban J connectivity index is 2.03. The lowest BCUT2D eigenvalue weighted by Crippen LogP contribution is -2.39. The zero-order valence-corrected chi connectivity index (χ0v) is 8.36. The van der Waals surface area contributed by atoms with Crippen LogP contribution in [0, 0.1) is 11.3 Å². The Bertz CT molecular complexity index is 193. The Morgan fingerprint density at radius 1 is 1.50 bits per heavy atom. The van der Waals surface area contributed by atoms with Crippen molar-refractivity contribution in [1.29, 1.82) is 5.41 Å². The van der Waals surface area contributed by atoms with Crippen molar-refractivity contribution in [3.63, 3.8) is 0 Å². The van der Waals surface area contributed by atoms with Crippen molar-refractivity contribution in [2.45, 2.75) is 25.8 Å². The van der Waals surface area contributed by atoms with Crippen molar-refractivity contribution >= 4 is 17.6 Å². The van der Waals surface area contributed by atoms with Crippen LogP contribution in [0.5, 0.6) is 0 Å². The van der Waals surface area contributed by atoms with E-state index < -0.39 is 0 Å². The second-order valence-corrected chi connectivity index (χ2v) is 4.90. The number of nitrogens with one attached hydrogen (secondary N) is 1. The molecule has 2 fully saturated rings. The molecule has 0 aromatic rings. The summed E-state index contributed by atoms with van der Waals surface area (Å²) in [6.45, 7) is 3.45. The van der Waals surface area contributed by atoms with Crippen molar-refractivity contribution in [2.75, 3.05) is 18.1 Å². The van der Waals surface area contributed by atoms with Crippen LogP contribution in [-0.4, -0.2) is 34.8 Å².